The molecule has 0 spiro atoms. The molecule has 3 heterocycles. The average Bonchev–Trinajstić information content (AvgIpc) is 3.58. The minimum Gasteiger partial charge on any atom is -0.493 e. The number of para-hydroxylation sites is 1. The minimum absolute atomic E-state index is 0.113. The van der Waals surface area contributed by atoms with Crippen molar-refractivity contribution < 1.29 is 17.9 Å². The summed E-state index contributed by atoms with van der Waals surface area (Å²) >= 11 is 1.68. The zero-order valence-corrected chi connectivity index (χ0v) is 21.0. The van der Waals surface area contributed by atoms with Crippen LogP contribution in [0.1, 0.15) is 24.0 Å². The van der Waals surface area contributed by atoms with Crippen molar-refractivity contribution in [3.63, 3.8) is 0 Å². The van der Waals surface area contributed by atoms with Crippen LogP contribution in [0.4, 0.5) is 0 Å². The fraction of sp³-hybridized carbons (Fsp3) is 0.296. The summed E-state index contributed by atoms with van der Waals surface area (Å²) in [6, 6.07) is 18.7. The highest BCUT2D eigenvalue weighted by Gasteiger charge is 2.31. The van der Waals surface area contributed by atoms with Gasteiger partial charge in [0.25, 0.3) is 0 Å². The van der Waals surface area contributed by atoms with Gasteiger partial charge in [0.05, 0.1) is 18.2 Å². The van der Waals surface area contributed by atoms with Crippen LogP contribution >= 0.6 is 11.3 Å². The van der Waals surface area contributed by atoms with Crippen LogP contribution < -0.4 is 4.74 Å². The summed E-state index contributed by atoms with van der Waals surface area (Å²) in [7, 11) is -3.82. The van der Waals surface area contributed by atoms with Crippen LogP contribution in [0.3, 0.4) is 0 Å². The molecule has 2 aromatic heterocycles. The number of thiophene rings is 1. The normalized spacial score (nSPS) is 16.2. The Bertz CT molecular complexity index is 1360. The van der Waals surface area contributed by atoms with Crippen molar-refractivity contribution in [3.8, 4) is 5.75 Å². The van der Waals surface area contributed by atoms with Gasteiger partial charge in [-0.15, -0.1) is 0 Å². The number of aromatic nitrogens is 1. The summed E-state index contributed by atoms with van der Waals surface area (Å²) in [4.78, 5) is 4.60. The van der Waals surface area contributed by atoms with Gasteiger partial charge < -0.3 is 9.47 Å². The number of fused-ring (bicyclic) bond motifs is 1. The molecule has 1 aliphatic rings. The monoisotopic (exact) mass is 508 g/mol. The largest absolute Gasteiger partial charge is 0.493 e. The highest BCUT2D eigenvalue weighted by Crippen LogP contribution is 2.27. The van der Waals surface area contributed by atoms with E-state index in [9.17, 15) is 8.42 Å². The van der Waals surface area contributed by atoms with E-state index < -0.39 is 10.0 Å². The Balaban J connectivity index is 1.39. The quantitative estimate of drug-likeness (QED) is 0.291. The number of ether oxygens (including phenoxy) is 2. The number of nitrogens with zero attached hydrogens (tertiary/aromatic N) is 2. The van der Waals surface area contributed by atoms with E-state index in [1.807, 2.05) is 42.5 Å². The Hall–Kier alpha value is -2.78. The zero-order chi connectivity index (χ0) is 24.1. The predicted octanol–water partition coefficient (Wildman–Crippen LogP) is 5.29. The maximum Gasteiger partial charge on any atom is 0.245 e. The first-order chi connectivity index (χ1) is 17.1. The van der Waals surface area contributed by atoms with Crippen LogP contribution in [0.15, 0.2) is 82.5 Å². The van der Waals surface area contributed by atoms with E-state index in [0.29, 0.717) is 25.3 Å². The fourth-order valence-electron chi connectivity index (χ4n) is 4.35. The molecule has 0 radical (unpaired) electrons. The minimum atomic E-state index is -3.82. The molecule has 35 heavy (non-hydrogen) atoms. The second-order valence-electron chi connectivity index (χ2n) is 8.64. The second-order valence-corrected chi connectivity index (χ2v) is 11.3. The standard InChI is InChI=1S/C27H28N2O4S2/c30-35(31,26-10-2-6-23-7-3-13-28-27(23)26)29(19-25-9-4-14-32-25)18-22-5-1-8-24(17-22)33-15-11-21-12-16-34-20-21/h1-3,5-8,10,12-13,16-17,20,25H,4,9,11,14-15,18-19H2/t25-/m0/s1. The molecule has 0 unspecified atom stereocenters. The van der Waals surface area contributed by atoms with Gasteiger partial charge in [0.1, 0.15) is 10.6 Å². The molecule has 0 amide bonds. The first-order valence-electron chi connectivity index (χ1n) is 11.8. The van der Waals surface area contributed by atoms with Gasteiger partial charge in [-0.2, -0.15) is 15.6 Å². The lowest BCUT2D eigenvalue weighted by atomic mass is 10.2. The summed E-state index contributed by atoms with van der Waals surface area (Å²) < 4.78 is 41.1. The van der Waals surface area contributed by atoms with Crippen molar-refractivity contribution in [2.24, 2.45) is 0 Å². The molecular weight excluding hydrogens is 480 g/mol. The lowest BCUT2D eigenvalue weighted by Crippen LogP contribution is -2.37. The highest BCUT2D eigenvalue weighted by atomic mass is 32.2. The molecule has 8 heteroatoms. The Labute approximate surface area is 210 Å². The van der Waals surface area contributed by atoms with Gasteiger partial charge in [0, 0.05) is 37.7 Å². The Morgan fingerprint density at radius 3 is 2.80 bits per heavy atom. The number of hydrogen-bond donors (Lipinski definition) is 0. The Kier molecular flexibility index (Phi) is 7.43. The first-order valence-corrected chi connectivity index (χ1v) is 14.2. The molecule has 1 fully saturated rings. The van der Waals surface area contributed by atoms with Crippen molar-refractivity contribution in [3.05, 3.63) is 88.7 Å². The van der Waals surface area contributed by atoms with E-state index in [0.717, 1.165) is 36.0 Å². The highest BCUT2D eigenvalue weighted by molar-refractivity contribution is 7.89. The third-order valence-corrected chi connectivity index (χ3v) is 8.72. The van der Waals surface area contributed by atoms with Gasteiger partial charge in [-0.1, -0.05) is 30.3 Å². The Morgan fingerprint density at radius 1 is 1.09 bits per heavy atom. The molecule has 1 saturated heterocycles. The van der Waals surface area contributed by atoms with Crippen LogP contribution in [0.5, 0.6) is 5.75 Å². The van der Waals surface area contributed by atoms with Crippen LogP contribution in [0, 0.1) is 0 Å². The summed E-state index contributed by atoms with van der Waals surface area (Å²) in [5, 5.41) is 4.98. The van der Waals surface area contributed by atoms with Crippen LogP contribution in [-0.2, 0) is 27.7 Å². The Morgan fingerprint density at radius 2 is 1.97 bits per heavy atom. The second kappa shape index (κ2) is 10.9. The summed E-state index contributed by atoms with van der Waals surface area (Å²) in [5.74, 6) is 0.735. The molecule has 0 aliphatic carbocycles. The number of sulfonamides is 1. The van der Waals surface area contributed by atoms with Gasteiger partial charge in [-0.05, 0) is 65.1 Å². The van der Waals surface area contributed by atoms with Gasteiger partial charge in [0.2, 0.25) is 10.0 Å². The molecule has 0 saturated carbocycles. The summed E-state index contributed by atoms with van der Waals surface area (Å²) in [5.41, 5.74) is 2.61. The number of benzene rings is 2. The van der Waals surface area contributed by atoms with Crippen molar-refractivity contribution in [1.29, 1.82) is 0 Å². The smallest absolute Gasteiger partial charge is 0.245 e. The van der Waals surface area contributed by atoms with E-state index in [-0.39, 0.29) is 17.5 Å². The van der Waals surface area contributed by atoms with Crippen LogP contribution in [0.2, 0.25) is 0 Å². The van der Waals surface area contributed by atoms with Crippen molar-refractivity contribution in [1.82, 2.24) is 9.29 Å². The fourth-order valence-corrected chi connectivity index (χ4v) is 6.67. The molecular formula is C27H28N2O4S2. The molecule has 1 atom stereocenters. The predicted molar refractivity (Wildman–Crippen MR) is 138 cm³/mol. The molecule has 0 N–H and O–H groups in total. The third-order valence-electron chi connectivity index (χ3n) is 6.14. The van der Waals surface area contributed by atoms with E-state index in [4.69, 9.17) is 9.47 Å². The zero-order valence-electron chi connectivity index (χ0n) is 19.4. The molecule has 5 rings (SSSR count). The maximum absolute atomic E-state index is 13.9. The number of rotatable bonds is 10. The van der Waals surface area contributed by atoms with Gasteiger partial charge in [-0.25, -0.2) is 8.42 Å². The molecule has 6 nitrogen and oxygen atoms in total. The van der Waals surface area contributed by atoms with Gasteiger partial charge >= 0.3 is 0 Å². The molecule has 1 aliphatic heterocycles. The van der Waals surface area contributed by atoms with Crippen molar-refractivity contribution in [2.75, 3.05) is 19.8 Å². The lowest BCUT2D eigenvalue weighted by molar-refractivity contribution is 0.0926. The number of hydrogen-bond acceptors (Lipinski definition) is 6. The van der Waals surface area contributed by atoms with Crippen molar-refractivity contribution >= 4 is 32.3 Å². The van der Waals surface area contributed by atoms with E-state index in [1.54, 1.807) is 29.7 Å². The molecule has 4 aromatic rings. The van der Waals surface area contributed by atoms with E-state index in [1.165, 1.54) is 9.87 Å². The third kappa shape index (κ3) is 5.73. The van der Waals surface area contributed by atoms with E-state index in [2.05, 4.69) is 21.8 Å². The number of pyridine rings is 1. The summed E-state index contributed by atoms with van der Waals surface area (Å²) in [6.07, 6.45) is 4.15. The van der Waals surface area contributed by atoms with Gasteiger partial charge in [0.15, 0.2) is 0 Å². The maximum atomic E-state index is 13.9. The molecule has 2 aromatic carbocycles. The van der Waals surface area contributed by atoms with Crippen molar-refractivity contribution in [2.45, 2.75) is 36.8 Å². The van der Waals surface area contributed by atoms with E-state index >= 15 is 0 Å². The first kappa shape index (κ1) is 23.9. The van der Waals surface area contributed by atoms with Gasteiger partial charge in [-0.3, -0.25) is 4.98 Å². The molecule has 182 valence electrons. The average molecular weight is 509 g/mol. The SMILES string of the molecule is O=S(=O)(c1cccc2cccnc12)N(Cc1cccc(OCCc2ccsc2)c1)C[C@@H]1CCCO1. The molecule has 0 bridgehead atoms. The van der Waals surface area contributed by atoms with Crippen LogP contribution in [-0.4, -0.2) is 43.6 Å². The van der Waals surface area contributed by atoms with Crippen LogP contribution in [0.25, 0.3) is 10.9 Å². The topological polar surface area (TPSA) is 68.7 Å². The lowest BCUT2D eigenvalue weighted by Gasteiger charge is -2.25. The summed E-state index contributed by atoms with van der Waals surface area (Å²) in [6.45, 7) is 1.77.